The van der Waals surface area contributed by atoms with Crippen molar-refractivity contribution < 1.29 is 0 Å². The molecule has 134 valence electrons. The molecule has 3 aromatic carbocycles. The van der Waals surface area contributed by atoms with Crippen molar-refractivity contribution in [2.24, 2.45) is 0 Å². The lowest BCUT2D eigenvalue weighted by atomic mass is 10.2. The molecule has 0 aliphatic heterocycles. The van der Waals surface area contributed by atoms with Crippen LogP contribution in [0.5, 0.6) is 0 Å². The molecule has 27 heavy (non-hydrogen) atoms. The molecule has 0 N–H and O–H groups in total. The van der Waals surface area contributed by atoms with E-state index in [9.17, 15) is 0 Å². The Kier molecular flexibility index (Phi) is 5.41. The smallest absolute Gasteiger partial charge is 0.196 e. The lowest BCUT2D eigenvalue weighted by molar-refractivity contribution is 0.885. The summed E-state index contributed by atoms with van der Waals surface area (Å²) >= 11 is 5.18. The third kappa shape index (κ3) is 4.15. The van der Waals surface area contributed by atoms with Gasteiger partial charge in [0.2, 0.25) is 0 Å². The van der Waals surface area contributed by atoms with Gasteiger partial charge in [0.25, 0.3) is 0 Å². The molecule has 5 heteroatoms. The summed E-state index contributed by atoms with van der Waals surface area (Å²) in [6, 6.07) is 27.1. The van der Waals surface area contributed by atoms with Crippen LogP contribution in [0.2, 0.25) is 0 Å². The van der Waals surface area contributed by atoms with Crippen molar-refractivity contribution in [2.45, 2.75) is 17.8 Å². The van der Waals surface area contributed by atoms with E-state index in [-0.39, 0.29) is 0 Å². The maximum atomic E-state index is 4.50. The first-order valence-electron chi connectivity index (χ1n) is 8.66. The van der Waals surface area contributed by atoms with Gasteiger partial charge in [0.05, 0.1) is 0 Å². The molecule has 1 aromatic heterocycles. The number of thioether (sulfide) groups is 1. The summed E-state index contributed by atoms with van der Waals surface area (Å²) in [4.78, 5) is 0. The number of aromatic nitrogens is 3. The summed E-state index contributed by atoms with van der Waals surface area (Å²) in [6.45, 7) is 2.09. The average molecular weight is 436 g/mol. The van der Waals surface area contributed by atoms with Gasteiger partial charge in [0, 0.05) is 21.5 Å². The molecule has 0 radical (unpaired) electrons. The van der Waals surface area contributed by atoms with Gasteiger partial charge < -0.3 is 0 Å². The van der Waals surface area contributed by atoms with Gasteiger partial charge in [-0.05, 0) is 36.8 Å². The quantitative estimate of drug-likeness (QED) is 0.344. The first kappa shape index (κ1) is 18.0. The van der Waals surface area contributed by atoms with Crippen LogP contribution in [0.15, 0.2) is 88.5 Å². The van der Waals surface area contributed by atoms with E-state index < -0.39 is 0 Å². The van der Waals surface area contributed by atoms with E-state index in [1.54, 1.807) is 11.8 Å². The van der Waals surface area contributed by atoms with E-state index in [0.717, 1.165) is 32.5 Å². The van der Waals surface area contributed by atoms with Gasteiger partial charge in [-0.15, -0.1) is 10.2 Å². The molecular formula is C22H18BrN3S. The highest BCUT2D eigenvalue weighted by Crippen LogP contribution is 2.30. The summed E-state index contributed by atoms with van der Waals surface area (Å²) in [5.74, 6) is 1.70. The molecule has 1 heterocycles. The number of halogens is 1. The van der Waals surface area contributed by atoms with E-state index in [0.29, 0.717) is 0 Å². The van der Waals surface area contributed by atoms with E-state index in [2.05, 4.69) is 98.3 Å². The van der Waals surface area contributed by atoms with E-state index in [1.807, 2.05) is 18.2 Å². The minimum absolute atomic E-state index is 0.839. The maximum Gasteiger partial charge on any atom is 0.196 e. The van der Waals surface area contributed by atoms with Crippen molar-refractivity contribution in [3.05, 3.63) is 94.5 Å². The molecule has 0 aliphatic carbocycles. The number of rotatable bonds is 5. The van der Waals surface area contributed by atoms with Crippen molar-refractivity contribution in [1.29, 1.82) is 0 Å². The van der Waals surface area contributed by atoms with Gasteiger partial charge in [-0.25, -0.2) is 0 Å². The van der Waals surface area contributed by atoms with Gasteiger partial charge >= 0.3 is 0 Å². The van der Waals surface area contributed by atoms with Crippen LogP contribution >= 0.6 is 27.7 Å². The van der Waals surface area contributed by atoms with Gasteiger partial charge in [-0.3, -0.25) is 4.57 Å². The second-order valence-corrected chi connectivity index (χ2v) is 8.12. The lowest BCUT2D eigenvalue weighted by Gasteiger charge is -2.11. The molecule has 0 aliphatic rings. The molecule has 0 saturated heterocycles. The molecule has 0 amide bonds. The monoisotopic (exact) mass is 435 g/mol. The third-order valence-electron chi connectivity index (χ3n) is 4.24. The van der Waals surface area contributed by atoms with Crippen molar-refractivity contribution in [3.63, 3.8) is 0 Å². The zero-order chi connectivity index (χ0) is 18.6. The maximum absolute atomic E-state index is 4.50. The molecule has 3 nitrogen and oxygen atoms in total. The second-order valence-electron chi connectivity index (χ2n) is 6.26. The van der Waals surface area contributed by atoms with Crippen LogP contribution in [-0.2, 0) is 5.75 Å². The summed E-state index contributed by atoms with van der Waals surface area (Å²) in [5.41, 5.74) is 4.61. The standard InChI is InChI=1S/C22H18BrN3S/c1-16-7-13-20(14-8-16)26-21(18-5-3-2-4-6-18)24-25-22(26)27-15-17-9-11-19(23)12-10-17/h2-14H,15H2,1H3. The van der Waals surface area contributed by atoms with Crippen LogP contribution in [0, 0.1) is 6.92 Å². The Morgan fingerprint density at radius 3 is 2.26 bits per heavy atom. The summed E-state index contributed by atoms with van der Waals surface area (Å²) in [6.07, 6.45) is 0. The second kappa shape index (κ2) is 8.11. The Hall–Kier alpha value is -2.37. The third-order valence-corrected chi connectivity index (χ3v) is 5.77. The molecule has 4 rings (SSSR count). The van der Waals surface area contributed by atoms with E-state index >= 15 is 0 Å². The number of nitrogens with zero attached hydrogens (tertiary/aromatic N) is 3. The van der Waals surface area contributed by atoms with Crippen LogP contribution in [0.4, 0.5) is 0 Å². The first-order valence-corrected chi connectivity index (χ1v) is 10.4. The van der Waals surface area contributed by atoms with Crippen LogP contribution in [-0.4, -0.2) is 14.8 Å². The van der Waals surface area contributed by atoms with E-state index in [1.165, 1.54) is 11.1 Å². The van der Waals surface area contributed by atoms with Crippen LogP contribution in [0.25, 0.3) is 17.1 Å². The predicted molar refractivity (Wildman–Crippen MR) is 115 cm³/mol. The highest BCUT2D eigenvalue weighted by molar-refractivity contribution is 9.10. The van der Waals surface area contributed by atoms with Gasteiger partial charge in [0.15, 0.2) is 11.0 Å². The van der Waals surface area contributed by atoms with Crippen molar-refractivity contribution in [1.82, 2.24) is 14.8 Å². The normalized spacial score (nSPS) is 10.9. The fraction of sp³-hybridized carbons (Fsp3) is 0.0909. The Morgan fingerprint density at radius 1 is 0.852 bits per heavy atom. The summed E-state index contributed by atoms with van der Waals surface area (Å²) in [7, 11) is 0. The fourth-order valence-electron chi connectivity index (χ4n) is 2.79. The number of hydrogen-bond donors (Lipinski definition) is 0. The molecular weight excluding hydrogens is 418 g/mol. The molecule has 0 atom stereocenters. The molecule has 4 aromatic rings. The topological polar surface area (TPSA) is 30.7 Å². The van der Waals surface area contributed by atoms with Crippen LogP contribution in [0.3, 0.4) is 0 Å². The van der Waals surface area contributed by atoms with Crippen molar-refractivity contribution >= 4 is 27.7 Å². The van der Waals surface area contributed by atoms with Crippen molar-refractivity contribution in [3.8, 4) is 17.1 Å². The molecule has 0 bridgehead atoms. The van der Waals surface area contributed by atoms with E-state index in [4.69, 9.17) is 0 Å². The minimum Gasteiger partial charge on any atom is -0.270 e. The molecule has 0 saturated carbocycles. The zero-order valence-electron chi connectivity index (χ0n) is 14.8. The molecule has 0 unspecified atom stereocenters. The Balaban J connectivity index is 1.71. The van der Waals surface area contributed by atoms with Gasteiger partial charge in [-0.2, -0.15) is 0 Å². The van der Waals surface area contributed by atoms with Crippen molar-refractivity contribution in [2.75, 3.05) is 0 Å². The summed E-state index contributed by atoms with van der Waals surface area (Å²) in [5, 5.41) is 9.88. The Labute approximate surface area is 171 Å². The minimum atomic E-state index is 0.839. The Morgan fingerprint density at radius 2 is 1.56 bits per heavy atom. The number of aryl methyl sites for hydroxylation is 1. The number of hydrogen-bond acceptors (Lipinski definition) is 3. The van der Waals surface area contributed by atoms with Gasteiger partial charge in [0.1, 0.15) is 0 Å². The fourth-order valence-corrected chi connectivity index (χ4v) is 3.96. The predicted octanol–water partition coefficient (Wildman–Crippen LogP) is 6.30. The largest absolute Gasteiger partial charge is 0.270 e. The highest BCUT2D eigenvalue weighted by atomic mass is 79.9. The van der Waals surface area contributed by atoms with Gasteiger partial charge in [-0.1, -0.05) is 87.9 Å². The average Bonchev–Trinajstić information content (AvgIpc) is 3.13. The molecule has 0 fully saturated rings. The zero-order valence-corrected chi connectivity index (χ0v) is 17.2. The Bertz CT molecular complexity index is 1030. The molecule has 0 spiro atoms. The SMILES string of the molecule is Cc1ccc(-n2c(SCc3ccc(Br)cc3)nnc2-c2ccccc2)cc1. The highest BCUT2D eigenvalue weighted by Gasteiger charge is 2.16. The summed E-state index contributed by atoms with van der Waals surface area (Å²) < 4.78 is 3.23. The number of benzene rings is 3. The van der Waals surface area contributed by atoms with Crippen LogP contribution in [0.1, 0.15) is 11.1 Å². The van der Waals surface area contributed by atoms with Crippen LogP contribution < -0.4 is 0 Å². The first-order chi connectivity index (χ1) is 13.2. The lowest BCUT2D eigenvalue weighted by Crippen LogP contribution is -2.00.